The van der Waals surface area contributed by atoms with Gasteiger partial charge >= 0.3 is 0 Å². The number of aryl methyl sites for hydroxylation is 1. The number of aliphatic imine (C=N–C) groups is 1. The first kappa shape index (κ1) is 24.7. The summed E-state index contributed by atoms with van der Waals surface area (Å²) in [7, 11) is 1.98. The van der Waals surface area contributed by atoms with Gasteiger partial charge in [0.05, 0.1) is 6.20 Å². The molecule has 0 bridgehead atoms. The first-order valence-electron chi connectivity index (χ1n) is 11.5. The van der Waals surface area contributed by atoms with Crippen LogP contribution >= 0.6 is 24.0 Å². The van der Waals surface area contributed by atoms with Gasteiger partial charge in [0.25, 0.3) is 0 Å². The third-order valence-corrected chi connectivity index (χ3v) is 6.12. The summed E-state index contributed by atoms with van der Waals surface area (Å²) in [5.41, 5.74) is 1.33. The molecule has 32 heavy (non-hydrogen) atoms. The molecule has 0 aliphatic carbocycles. The van der Waals surface area contributed by atoms with Crippen molar-refractivity contribution in [3.63, 3.8) is 0 Å². The fourth-order valence-electron chi connectivity index (χ4n) is 4.41. The second-order valence-corrected chi connectivity index (χ2v) is 8.35. The second kappa shape index (κ2) is 12.3. The lowest BCUT2D eigenvalue weighted by Gasteiger charge is -2.34. The number of nitrogens with zero attached hydrogens (tertiary/aromatic N) is 8. The summed E-state index contributed by atoms with van der Waals surface area (Å²) < 4.78 is 1.89. The lowest BCUT2D eigenvalue weighted by atomic mass is 10.0. The van der Waals surface area contributed by atoms with E-state index >= 15 is 0 Å². The van der Waals surface area contributed by atoms with Gasteiger partial charge in [0.1, 0.15) is 0 Å². The zero-order valence-electron chi connectivity index (χ0n) is 19.2. The van der Waals surface area contributed by atoms with E-state index in [-0.39, 0.29) is 24.0 Å². The molecule has 1 N–H and O–H groups in total. The van der Waals surface area contributed by atoms with E-state index in [0.717, 1.165) is 83.7 Å². The molecule has 0 aromatic carbocycles. The third-order valence-electron chi connectivity index (χ3n) is 6.12. The first-order valence-corrected chi connectivity index (χ1v) is 11.5. The summed E-state index contributed by atoms with van der Waals surface area (Å²) in [6.07, 6.45) is 10.0. The Morgan fingerprint density at radius 3 is 2.62 bits per heavy atom. The lowest BCUT2D eigenvalue weighted by Crippen LogP contribution is -2.47. The van der Waals surface area contributed by atoms with Gasteiger partial charge in [-0.15, -0.1) is 24.0 Å². The Balaban J connectivity index is 0.00000289. The summed E-state index contributed by atoms with van der Waals surface area (Å²) in [6, 6.07) is 1.86. The van der Waals surface area contributed by atoms with E-state index in [1.54, 1.807) is 0 Å². The van der Waals surface area contributed by atoms with Gasteiger partial charge in [-0.1, -0.05) is 0 Å². The number of halogens is 1. The van der Waals surface area contributed by atoms with Crippen LogP contribution in [0, 0.1) is 0 Å². The Kier molecular flexibility index (Phi) is 9.51. The molecule has 2 aromatic heterocycles. The van der Waals surface area contributed by atoms with E-state index in [1.165, 1.54) is 5.56 Å². The normalized spacial score (nSPS) is 19.8. The van der Waals surface area contributed by atoms with Gasteiger partial charge in [-0.25, -0.2) is 9.97 Å². The van der Waals surface area contributed by atoms with Crippen molar-refractivity contribution in [2.75, 3.05) is 63.8 Å². The van der Waals surface area contributed by atoms with Crippen molar-refractivity contribution in [1.29, 1.82) is 0 Å². The quantitative estimate of drug-likeness (QED) is 0.243. The maximum Gasteiger partial charge on any atom is 0.225 e. The highest BCUT2D eigenvalue weighted by molar-refractivity contribution is 14.0. The smallest absolute Gasteiger partial charge is 0.225 e. The van der Waals surface area contributed by atoms with E-state index in [2.05, 4.69) is 48.2 Å². The predicted molar refractivity (Wildman–Crippen MR) is 139 cm³/mol. The van der Waals surface area contributed by atoms with Gasteiger partial charge in [-0.05, 0) is 31.4 Å². The molecule has 0 amide bonds. The summed E-state index contributed by atoms with van der Waals surface area (Å²) in [5.74, 6) is 2.44. The Morgan fingerprint density at radius 2 is 1.94 bits per heavy atom. The Bertz CT molecular complexity index is 833. The van der Waals surface area contributed by atoms with Crippen LogP contribution in [-0.2, 0) is 7.05 Å². The van der Waals surface area contributed by atoms with E-state index in [1.807, 2.05) is 36.4 Å². The molecule has 4 rings (SSSR count). The fourth-order valence-corrected chi connectivity index (χ4v) is 4.41. The zero-order chi connectivity index (χ0) is 21.5. The van der Waals surface area contributed by atoms with Crippen LogP contribution in [0.15, 0.2) is 35.8 Å². The molecule has 2 aromatic rings. The third kappa shape index (κ3) is 6.53. The van der Waals surface area contributed by atoms with E-state index in [4.69, 9.17) is 4.99 Å². The van der Waals surface area contributed by atoms with Crippen LogP contribution in [0.1, 0.15) is 31.2 Å². The van der Waals surface area contributed by atoms with Crippen molar-refractivity contribution in [3.05, 3.63) is 36.4 Å². The minimum atomic E-state index is 0. The maximum atomic E-state index is 4.93. The SMILES string of the molecule is CCNC(=NCCCN1CCN(c2ncccn2)CC1)N1CCC(c2cnn(C)c2)C1.I. The van der Waals surface area contributed by atoms with Crippen LogP contribution in [0.25, 0.3) is 0 Å². The molecule has 2 aliphatic heterocycles. The molecule has 2 aliphatic rings. The van der Waals surface area contributed by atoms with Gasteiger partial charge in [-0.3, -0.25) is 14.6 Å². The van der Waals surface area contributed by atoms with E-state index in [0.29, 0.717) is 5.92 Å². The number of rotatable bonds is 7. The van der Waals surface area contributed by atoms with Crippen molar-refractivity contribution in [2.24, 2.45) is 12.0 Å². The maximum absolute atomic E-state index is 4.93. The molecule has 176 valence electrons. The summed E-state index contributed by atoms with van der Waals surface area (Å²) in [5, 5.41) is 7.82. The molecule has 1 atom stereocenters. The number of likely N-dealkylation sites (tertiary alicyclic amines) is 1. The number of hydrogen-bond donors (Lipinski definition) is 1. The monoisotopic (exact) mass is 553 g/mol. The number of anilines is 1. The van der Waals surface area contributed by atoms with Crippen molar-refractivity contribution in [2.45, 2.75) is 25.7 Å². The van der Waals surface area contributed by atoms with Gasteiger partial charge in [0, 0.05) is 90.5 Å². The summed E-state index contributed by atoms with van der Waals surface area (Å²) in [6.45, 7) is 11.1. The summed E-state index contributed by atoms with van der Waals surface area (Å²) >= 11 is 0. The summed E-state index contributed by atoms with van der Waals surface area (Å²) in [4.78, 5) is 20.9. The molecular formula is C22H36IN9. The van der Waals surface area contributed by atoms with Gasteiger partial charge in [0.15, 0.2) is 5.96 Å². The number of nitrogens with one attached hydrogen (secondary N) is 1. The van der Waals surface area contributed by atoms with Crippen LogP contribution in [0.3, 0.4) is 0 Å². The Hall–Kier alpha value is -1.95. The van der Waals surface area contributed by atoms with Gasteiger partial charge < -0.3 is 15.1 Å². The van der Waals surface area contributed by atoms with Crippen LogP contribution in [0.4, 0.5) is 5.95 Å². The molecule has 0 spiro atoms. The first-order chi connectivity index (χ1) is 15.2. The molecule has 9 nitrogen and oxygen atoms in total. The van der Waals surface area contributed by atoms with Crippen LogP contribution in [-0.4, -0.2) is 94.4 Å². The molecule has 0 saturated carbocycles. The average molecular weight is 553 g/mol. The van der Waals surface area contributed by atoms with E-state index < -0.39 is 0 Å². The molecule has 1 unspecified atom stereocenters. The number of piperazine rings is 1. The van der Waals surface area contributed by atoms with Crippen molar-refractivity contribution >= 4 is 35.9 Å². The van der Waals surface area contributed by atoms with E-state index in [9.17, 15) is 0 Å². The highest BCUT2D eigenvalue weighted by atomic mass is 127. The van der Waals surface area contributed by atoms with Crippen molar-refractivity contribution in [3.8, 4) is 0 Å². The zero-order valence-corrected chi connectivity index (χ0v) is 21.6. The lowest BCUT2D eigenvalue weighted by molar-refractivity contribution is 0.255. The molecule has 4 heterocycles. The minimum absolute atomic E-state index is 0. The highest BCUT2D eigenvalue weighted by Gasteiger charge is 2.27. The van der Waals surface area contributed by atoms with Crippen molar-refractivity contribution < 1.29 is 0 Å². The van der Waals surface area contributed by atoms with Gasteiger partial charge in [-0.2, -0.15) is 5.10 Å². The van der Waals surface area contributed by atoms with Gasteiger partial charge in [0.2, 0.25) is 5.95 Å². The largest absolute Gasteiger partial charge is 0.357 e. The molecule has 10 heteroatoms. The number of aromatic nitrogens is 4. The second-order valence-electron chi connectivity index (χ2n) is 8.35. The Morgan fingerprint density at radius 1 is 1.16 bits per heavy atom. The Labute approximate surface area is 208 Å². The predicted octanol–water partition coefficient (Wildman–Crippen LogP) is 1.80. The molecule has 2 fully saturated rings. The van der Waals surface area contributed by atoms with Crippen molar-refractivity contribution in [1.82, 2.24) is 34.9 Å². The molecule has 2 saturated heterocycles. The number of guanidine groups is 1. The van der Waals surface area contributed by atoms with Crippen LogP contribution in [0.2, 0.25) is 0 Å². The highest BCUT2D eigenvalue weighted by Crippen LogP contribution is 2.26. The average Bonchev–Trinajstić information content (AvgIpc) is 3.46. The topological polar surface area (TPSA) is 77.7 Å². The van der Waals surface area contributed by atoms with Crippen LogP contribution < -0.4 is 10.2 Å². The standard InChI is InChI=1S/C22H35N9.HI/c1-3-23-21(31-11-6-19(18-31)20-16-27-28(2)17-20)26-9-5-10-29-12-14-30(15-13-29)22-24-7-4-8-25-22;/h4,7-8,16-17,19H,3,5-6,9-15,18H2,1-2H3,(H,23,26);1H. The minimum Gasteiger partial charge on any atom is -0.357 e. The van der Waals surface area contributed by atoms with Crippen LogP contribution in [0.5, 0.6) is 0 Å². The number of hydrogen-bond acceptors (Lipinski definition) is 6. The fraction of sp³-hybridized carbons (Fsp3) is 0.636. The molecule has 0 radical (unpaired) electrons. The molecular weight excluding hydrogens is 517 g/mol.